The SMILES string of the molecule is CCNC(=O)c1nnc(-c2cc(C(C)C)c(O)cc2O)n1-c1ccc(CN2CCN(C(=O)CCNC(=O)[C@@H](CCC(=O)O)NC(=O)[C@@H](CCC(=O)O)NC(=O)[C@@H](CCC(=O)O)NC(=O)COCCOCCNC(=O)CCCCn3cc(CN(CCCNC(=O)OC(C)(C)C)C(=O)CCCNC(=O)CCCc4ccc(I)cc4)nn3)CC2)cc1. The summed E-state index contributed by atoms with van der Waals surface area (Å²) < 4.78 is 20.5. The molecule has 3 heterocycles. The number of phenols is 2. The van der Waals surface area contributed by atoms with Crippen molar-refractivity contribution >= 4 is 99.8 Å². The van der Waals surface area contributed by atoms with Crippen LogP contribution in [0.2, 0.25) is 0 Å². The van der Waals surface area contributed by atoms with Crippen molar-refractivity contribution in [3.8, 4) is 28.6 Å². The highest BCUT2D eigenvalue weighted by Gasteiger charge is 2.33. The van der Waals surface area contributed by atoms with E-state index < -0.39 is 122 Å². The fourth-order valence-corrected chi connectivity index (χ4v) is 12.7. The number of carboxylic acids is 3. The number of aliphatic carboxylic acids is 3. The van der Waals surface area contributed by atoms with Gasteiger partial charge in [0.25, 0.3) is 5.91 Å². The molecule has 0 aliphatic carbocycles. The third-order valence-electron chi connectivity index (χ3n) is 18.5. The molecular weight excluding hydrogens is 1650 g/mol. The van der Waals surface area contributed by atoms with E-state index in [2.05, 4.69) is 90.5 Å². The number of hydrogen-bond donors (Lipinski definition) is 13. The van der Waals surface area contributed by atoms with E-state index in [-0.39, 0.29) is 124 Å². The van der Waals surface area contributed by atoms with Gasteiger partial charge in [-0.15, -0.1) is 15.3 Å². The van der Waals surface area contributed by atoms with Gasteiger partial charge in [0.05, 0.1) is 38.1 Å². The van der Waals surface area contributed by atoms with E-state index in [0.717, 1.165) is 21.1 Å². The molecule has 1 saturated heterocycles. The van der Waals surface area contributed by atoms with Crippen LogP contribution in [0.5, 0.6) is 11.5 Å². The Morgan fingerprint density at radius 2 is 1.19 bits per heavy atom. The predicted octanol–water partition coefficient (Wildman–Crippen LogP) is 3.80. The summed E-state index contributed by atoms with van der Waals surface area (Å²) in [6.45, 7) is 14.0. The Morgan fingerprint density at radius 3 is 1.81 bits per heavy atom. The molecule has 0 saturated carbocycles. The van der Waals surface area contributed by atoms with Gasteiger partial charge in [-0.3, -0.25) is 71.7 Å². The third kappa shape index (κ3) is 35.1. The van der Waals surface area contributed by atoms with E-state index in [1.807, 2.05) is 50.2 Å². The van der Waals surface area contributed by atoms with Crippen molar-refractivity contribution in [1.29, 1.82) is 0 Å². The molecule has 1 fully saturated rings. The molecule has 1 aliphatic heterocycles. The zero-order chi connectivity index (χ0) is 86.3. The smallest absolute Gasteiger partial charge is 0.407 e. The minimum absolute atomic E-state index is 0.0211. The van der Waals surface area contributed by atoms with Gasteiger partial charge in [0.2, 0.25) is 53.1 Å². The van der Waals surface area contributed by atoms with Crippen LogP contribution in [0.1, 0.15) is 177 Å². The van der Waals surface area contributed by atoms with E-state index in [0.29, 0.717) is 114 Å². The number of phenolic OH excluding ortho intramolecular Hbond substituents is 2. The van der Waals surface area contributed by atoms with Gasteiger partial charge >= 0.3 is 24.0 Å². The molecule has 0 bridgehead atoms. The lowest BCUT2D eigenvalue weighted by molar-refractivity contribution is -0.140. The van der Waals surface area contributed by atoms with E-state index in [1.165, 1.54) is 10.6 Å². The van der Waals surface area contributed by atoms with E-state index in [1.54, 1.807) is 66.6 Å². The van der Waals surface area contributed by atoms with Crippen molar-refractivity contribution in [2.75, 3.05) is 91.9 Å². The number of carboxylic acid groups (broad SMARTS) is 3. The summed E-state index contributed by atoms with van der Waals surface area (Å²) in [5.74, 6) is -9.60. The van der Waals surface area contributed by atoms with Crippen LogP contribution in [0, 0.1) is 3.57 Å². The Balaban J connectivity index is 0.883. The standard InChI is InChI=1S/C79H112IN17O21/c1-7-81-77(114)73-91-90-72(58-45-57(51(2)3)62(98)46-63(58)99)97(73)56-23-19-53(20-24-56)47-93-38-40-94(41-39-93)68(104)31-34-84-74(111)59(25-28-69(105)106)87-76(113)61(27-30-71(109)110)88-75(112)60(26-29-70(107)108)86-66(102)50-117-44-43-116-42-35-83-64(100)14-8-9-37-96-49-55(89-92-96)48-95(36-12-33-85-78(115)118-79(4,5)6)67(103)16-11-32-82-65(101)15-10-13-52-17-21-54(80)22-18-52/h17-24,45-46,49,51,59-61,98-99H,7-16,25-44,47-48,50H2,1-6H3,(H,81,114)(H,82,101)(H,83,100)(H,84,111)(H,85,115)(H,86,102)(H,87,113)(H,88,112)(H,105,106)(H,107,108)(H,109,110)/t59-,60-,61-/m1/s1. The number of nitrogens with zero attached hydrogens (tertiary/aromatic N) is 9. The predicted molar refractivity (Wildman–Crippen MR) is 435 cm³/mol. The lowest BCUT2D eigenvalue weighted by Crippen LogP contribution is -2.57. The van der Waals surface area contributed by atoms with Crippen LogP contribution in [-0.4, -0.2) is 263 Å². The van der Waals surface area contributed by atoms with Gasteiger partial charge in [0, 0.05) is 139 Å². The number of aromatic nitrogens is 6. The molecule has 39 heteroatoms. The second-order valence-electron chi connectivity index (χ2n) is 29.5. The van der Waals surface area contributed by atoms with Crippen LogP contribution in [0.25, 0.3) is 17.1 Å². The molecule has 2 aromatic heterocycles. The van der Waals surface area contributed by atoms with Crippen LogP contribution in [0.4, 0.5) is 4.79 Å². The van der Waals surface area contributed by atoms with Gasteiger partial charge in [0.1, 0.15) is 47.5 Å². The Hall–Kier alpha value is -10.9. The van der Waals surface area contributed by atoms with Gasteiger partial charge in [-0.1, -0.05) is 43.3 Å². The number of unbranched alkanes of at least 4 members (excludes halogenated alkanes) is 1. The number of ether oxygens (including phenoxy) is 3. The first-order chi connectivity index (χ1) is 56.2. The van der Waals surface area contributed by atoms with E-state index in [9.17, 15) is 87.9 Å². The number of piperazine rings is 1. The molecule has 3 atom stereocenters. The molecule has 646 valence electrons. The Kier molecular flexibility index (Phi) is 40.6. The quantitative estimate of drug-likeness (QED) is 0.0194. The fraction of sp³-hybridized carbons (Fsp3) is 0.557. The maximum absolute atomic E-state index is 13.9. The number of nitrogens with one attached hydrogen (secondary N) is 8. The van der Waals surface area contributed by atoms with Crippen molar-refractivity contribution in [2.24, 2.45) is 0 Å². The number of aromatic hydroxyl groups is 2. The second-order valence-corrected chi connectivity index (χ2v) is 30.8. The molecule has 13 N–H and O–H groups in total. The molecule has 0 unspecified atom stereocenters. The van der Waals surface area contributed by atoms with Crippen molar-refractivity contribution in [1.82, 2.24) is 87.0 Å². The van der Waals surface area contributed by atoms with Gasteiger partial charge in [0.15, 0.2) is 5.82 Å². The average Bonchev–Trinajstić information content (AvgIpc) is 1.59. The highest BCUT2D eigenvalue weighted by molar-refractivity contribution is 14.1. The summed E-state index contributed by atoms with van der Waals surface area (Å²) in [7, 11) is 0. The molecule has 1 aliphatic rings. The van der Waals surface area contributed by atoms with Crippen LogP contribution >= 0.6 is 22.6 Å². The number of benzene rings is 3. The number of rotatable bonds is 52. The highest BCUT2D eigenvalue weighted by atomic mass is 127. The normalized spacial score (nSPS) is 13.0. The van der Waals surface area contributed by atoms with Crippen LogP contribution in [0.3, 0.4) is 0 Å². The highest BCUT2D eigenvalue weighted by Crippen LogP contribution is 2.38. The second kappa shape index (κ2) is 50.0. The topological polar surface area (TPSA) is 518 Å². The molecule has 5 aromatic rings. The molecule has 118 heavy (non-hydrogen) atoms. The first-order valence-corrected chi connectivity index (χ1v) is 40.6. The number of carbonyl (C=O) groups is 13. The maximum atomic E-state index is 13.9. The fourth-order valence-electron chi connectivity index (χ4n) is 12.3. The number of aryl methyl sites for hydroxylation is 2. The molecule has 0 spiro atoms. The van der Waals surface area contributed by atoms with Crippen molar-refractivity contribution in [3.05, 3.63) is 98.6 Å². The number of carbonyl (C=O) groups excluding carboxylic acids is 10. The van der Waals surface area contributed by atoms with Crippen molar-refractivity contribution < 1.29 is 102 Å². The van der Waals surface area contributed by atoms with Gasteiger partial charge in [-0.05, 0) is 161 Å². The van der Waals surface area contributed by atoms with Crippen LogP contribution in [0.15, 0.2) is 66.9 Å². The molecule has 0 radical (unpaired) electrons. The van der Waals surface area contributed by atoms with Crippen LogP contribution < -0.4 is 42.5 Å². The number of hydrogen-bond acceptors (Lipinski definition) is 23. The average molecular weight is 1760 g/mol. The van der Waals surface area contributed by atoms with Gasteiger partial charge in [-0.25, -0.2) is 4.79 Å². The molecular formula is C79H112IN17O21. The lowest BCUT2D eigenvalue weighted by Gasteiger charge is -2.35. The lowest BCUT2D eigenvalue weighted by atomic mass is 9.98. The minimum Gasteiger partial charge on any atom is -0.508 e. The van der Waals surface area contributed by atoms with E-state index in [4.69, 9.17) is 14.2 Å². The zero-order valence-electron chi connectivity index (χ0n) is 67.7. The van der Waals surface area contributed by atoms with Crippen molar-refractivity contribution in [2.45, 2.75) is 194 Å². The summed E-state index contributed by atoms with van der Waals surface area (Å²) in [4.78, 5) is 172. The first kappa shape index (κ1) is 95.9. The Bertz CT molecular complexity index is 4160. The summed E-state index contributed by atoms with van der Waals surface area (Å²) in [6.07, 6.45) is 1.67. The largest absolute Gasteiger partial charge is 0.508 e. The monoisotopic (exact) mass is 1760 g/mol. The maximum Gasteiger partial charge on any atom is 0.407 e. The summed E-state index contributed by atoms with van der Waals surface area (Å²) in [5, 5.41) is 87.7. The minimum atomic E-state index is -1.71. The Morgan fingerprint density at radius 1 is 0.585 bits per heavy atom. The zero-order valence-corrected chi connectivity index (χ0v) is 69.8. The summed E-state index contributed by atoms with van der Waals surface area (Å²) in [6, 6.07) is 13.4. The third-order valence-corrected chi connectivity index (χ3v) is 19.2. The van der Waals surface area contributed by atoms with E-state index >= 15 is 0 Å². The number of amides is 10. The Labute approximate surface area is 697 Å². The van der Waals surface area contributed by atoms with Gasteiger partial charge in [-0.2, -0.15) is 0 Å². The summed E-state index contributed by atoms with van der Waals surface area (Å²) in [5.41, 5.74) is 3.27. The number of alkyl carbamates (subject to hydrolysis) is 1. The first-order valence-electron chi connectivity index (χ1n) is 39.6. The van der Waals surface area contributed by atoms with Crippen LogP contribution in [-0.2, 0) is 93.0 Å². The number of halogens is 1. The molecule has 10 amide bonds. The van der Waals surface area contributed by atoms with Crippen molar-refractivity contribution in [3.63, 3.8) is 0 Å². The summed E-state index contributed by atoms with van der Waals surface area (Å²) >= 11 is 2.25. The van der Waals surface area contributed by atoms with Gasteiger partial charge < -0.3 is 92.1 Å². The molecule has 6 rings (SSSR count). The molecule has 38 nitrogen and oxygen atoms in total. The molecule has 3 aromatic carbocycles.